The molecule has 1 aliphatic rings. The average Bonchev–Trinajstić information content (AvgIpc) is 3.31. The van der Waals surface area contributed by atoms with Crippen LogP contribution in [0.5, 0.6) is 0 Å². The van der Waals surface area contributed by atoms with Crippen molar-refractivity contribution in [1.82, 2.24) is 15.3 Å². The molecular formula is C21H23N3S. The van der Waals surface area contributed by atoms with E-state index >= 15 is 0 Å². The molecule has 2 heterocycles. The summed E-state index contributed by atoms with van der Waals surface area (Å²) in [4.78, 5) is 8.81. The number of rotatable bonds is 6. The summed E-state index contributed by atoms with van der Waals surface area (Å²) in [7, 11) is 0. The van der Waals surface area contributed by atoms with E-state index in [1.54, 1.807) is 22.5 Å². The molecule has 1 N–H and O–H groups in total. The number of pyridine rings is 1. The van der Waals surface area contributed by atoms with E-state index in [4.69, 9.17) is 4.98 Å². The lowest BCUT2D eigenvalue weighted by Gasteiger charge is -2.15. The van der Waals surface area contributed by atoms with Gasteiger partial charge in [0.25, 0.3) is 0 Å². The van der Waals surface area contributed by atoms with E-state index in [1.165, 1.54) is 29.8 Å². The number of aryl methyl sites for hydroxylation is 2. The maximum Gasteiger partial charge on any atom is 0.0945 e. The predicted molar refractivity (Wildman–Crippen MR) is 104 cm³/mol. The van der Waals surface area contributed by atoms with Crippen molar-refractivity contribution in [3.05, 3.63) is 69.8 Å². The van der Waals surface area contributed by atoms with Gasteiger partial charge in [0, 0.05) is 42.3 Å². The molecule has 0 saturated heterocycles. The van der Waals surface area contributed by atoms with Crippen LogP contribution in [-0.2, 0) is 19.3 Å². The SMILES string of the molecule is CC(NCCc1nc(-c2ccncc2)cs1)c1ccc2c(c1)CCC2. The van der Waals surface area contributed by atoms with Crippen LogP contribution in [0, 0.1) is 0 Å². The van der Waals surface area contributed by atoms with Crippen LogP contribution in [-0.4, -0.2) is 16.5 Å². The molecule has 3 nitrogen and oxygen atoms in total. The summed E-state index contributed by atoms with van der Waals surface area (Å²) >= 11 is 1.74. The van der Waals surface area contributed by atoms with Crippen LogP contribution in [0.1, 0.15) is 41.1 Å². The number of aromatic nitrogens is 2. The van der Waals surface area contributed by atoms with Gasteiger partial charge in [0.2, 0.25) is 0 Å². The van der Waals surface area contributed by atoms with E-state index in [9.17, 15) is 0 Å². The number of nitrogens with zero attached hydrogens (tertiary/aromatic N) is 2. The molecule has 0 radical (unpaired) electrons. The van der Waals surface area contributed by atoms with Crippen LogP contribution < -0.4 is 5.32 Å². The number of benzene rings is 1. The van der Waals surface area contributed by atoms with Gasteiger partial charge in [-0.1, -0.05) is 18.2 Å². The van der Waals surface area contributed by atoms with Crippen LogP contribution in [0.2, 0.25) is 0 Å². The van der Waals surface area contributed by atoms with Gasteiger partial charge in [-0.25, -0.2) is 4.98 Å². The molecule has 4 heteroatoms. The zero-order chi connectivity index (χ0) is 17.1. The number of hydrogen-bond donors (Lipinski definition) is 1. The van der Waals surface area contributed by atoms with Crippen molar-refractivity contribution >= 4 is 11.3 Å². The van der Waals surface area contributed by atoms with Gasteiger partial charge in [0.1, 0.15) is 0 Å². The highest BCUT2D eigenvalue weighted by atomic mass is 32.1. The number of nitrogens with one attached hydrogen (secondary N) is 1. The molecule has 1 atom stereocenters. The lowest BCUT2D eigenvalue weighted by Crippen LogP contribution is -2.21. The first-order valence-corrected chi connectivity index (χ1v) is 9.87. The Morgan fingerprint density at radius 2 is 1.96 bits per heavy atom. The van der Waals surface area contributed by atoms with E-state index in [-0.39, 0.29) is 0 Å². The van der Waals surface area contributed by atoms with Crippen molar-refractivity contribution in [3.8, 4) is 11.3 Å². The van der Waals surface area contributed by atoms with Gasteiger partial charge in [-0.15, -0.1) is 11.3 Å². The molecule has 4 rings (SSSR count). The third-order valence-electron chi connectivity index (χ3n) is 4.94. The summed E-state index contributed by atoms with van der Waals surface area (Å²) in [5.41, 5.74) is 6.68. The molecular weight excluding hydrogens is 326 g/mol. The second kappa shape index (κ2) is 7.46. The summed E-state index contributed by atoms with van der Waals surface area (Å²) in [6, 6.07) is 11.4. The largest absolute Gasteiger partial charge is 0.310 e. The lowest BCUT2D eigenvalue weighted by atomic mass is 10.0. The maximum absolute atomic E-state index is 4.75. The summed E-state index contributed by atoms with van der Waals surface area (Å²) < 4.78 is 0. The minimum Gasteiger partial charge on any atom is -0.310 e. The zero-order valence-electron chi connectivity index (χ0n) is 14.5. The Kier molecular flexibility index (Phi) is 4.90. The van der Waals surface area contributed by atoms with Crippen molar-refractivity contribution < 1.29 is 0 Å². The fourth-order valence-corrected chi connectivity index (χ4v) is 4.26. The molecule has 1 aromatic carbocycles. The van der Waals surface area contributed by atoms with Crippen molar-refractivity contribution in [2.24, 2.45) is 0 Å². The fourth-order valence-electron chi connectivity index (χ4n) is 3.46. The molecule has 25 heavy (non-hydrogen) atoms. The summed E-state index contributed by atoms with van der Waals surface area (Å²) in [6.07, 6.45) is 8.39. The Bertz CT molecular complexity index is 841. The van der Waals surface area contributed by atoms with E-state index < -0.39 is 0 Å². The molecule has 2 aromatic heterocycles. The van der Waals surface area contributed by atoms with Crippen molar-refractivity contribution in [1.29, 1.82) is 0 Å². The highest BCUT2D eigenvalue weighted by Gasteiger charge is 2.13. The van der Waals surface area contributed by atoms with Gasteiger partial charge in [0.05, 0.1) is 10.7 Å². The first kappa shape index (κ1) is 16.4. The van der Waals surface area contributed by atoms with Crippen LogP contribution in [0.3, 0.4) is 0 Å². The van der Waals surface area contributed by atoms with Gasteiger partial charge in [-0.05, 0) is 55.0 Å². The highest BCUT2D eigenvalue weighted by Crippen LogP contribution is 2.25. The van der Waals surface area contributed by atoms with Gasteiger partial charge in [0.15, 0.2) is 0 Å². The van der Waals surface area contributed by atoms with Gasteiger partial charge < -0.3 is 5.32 Å². The van der Waals surface area contributed by atoms with Gasteiger partial charge in [-0.2, -0.15) is 0 Å². The summed E-state index contributed by atoms with van der Waals surface area (Å²) in [5, 5.41) is 6.96. The van der Waals surface area contributed by atoms with Crippen LogP contribution in [0.4, 0.5) is 0 Å². The Labute approximate surface area is 153 Å². The van der Waals surface area contributed by atoms with Crippen LogP contribution in [0.25, 0.3) is 11.3 Å². The third kappa shape index (κ3) is 3.80. The van der Waals surface area contributed by atoms with Crippen LogP contribution >= 0.6 is 11.3 Å². The molecule has 0 fully saturated rings. The Morgan fingerprint density at radius 3 is 2.84 bits per heavy atom. The monoisotopic (exact) mass is 349 g/mol. The first-order chi connectivity index (χ1) is 12.3. The quantitative estimate of drug-likeness (QED) is 0.707. The molecule has 128 valence electrons. The maximum atomic E-state index is 4.75. The van der Waals surface area contributed by atoms with Crippen LogP contribution in [0.15, 0.2) is 48.1 Å². The number of fused-ring (bicyclic) bond motifs is 1. The number of thiazole rings is 1. The molecule has 1 unspecified atom stereocenters. The van der Waals surface area contributed by atoms with Crippen molar-refractivity contribution in [3.63, 3.8) is 0 Å². The summed E-state index contributed by atoms with van der Waals surface area (Å²) in [6.45, 7) is 3.20. The third-order valence-corrected chi connectivity index (χ3v) is 5.85. The van der Waals surface area contributed by atoms with E-state index in [0.717, 1.165) is 24.2 Å². The second-order valence-corrected chi connectivity index (χ2v) is 7.61. The normalized spacial score (nSPS) is 14.4. The molecule has 0 saturated carbocycles. The lowest BCUT2D eigenvalue weighted by molar-refractivity contribution is 0.576. The highest BCUT2D eigenvalue weighted by molar-refractivity contribution is 7.09. The van der Waals surface area contributed by atoms with E-state index in [1.807, 2.05) is 24.5 Å². The molecule has 3 aromatic rings. The number of hydrogen-bond acceptors (Lipinski definition) is 4. The van der Waals surface area contributed by atoms with E-state index in [2.05, 4.69) is 40.8 Å². The van der Waals surface area contributed by atoms with Gasteiger partial charge in [-0.3, -0.25) is 4.98 Å². The van der Waals surface area contributed by atoms with Crippen molar-refractivity contribution in [2.45, 2.75) is 38.6 Å². The smallest absolute Gasteiger partial charge is 0.0945 e. The molecule has 0 spiro atoms. The minimum absolute atomic E-state index is 0.380. The van der Waals surface area contributed by atoms with E-state index in [0.29, 0.717) is 6.04 Å². The molecule has 0 amide bonds. The van der Waals surface area contributed by atoms with Crippen molar-refractivity contribution in [2.75, 3.05) is 6.54 Å². The zero-order valence-corrected chi connectivity index (χ0v) is 15.4. The molecule has 1 aliphatic carbocycles. The second-order valence-electron chi connectivity index (χ2n) is 6.67. The first-order valence-electron chi connectivity index (χ1n) is 8.99. The molecule has 0 aliphatic heterocycles. The molecule has 0 bridgehead atoms. The topological polar surface area (TPSA) is 37.8 Å². The van der Waals surface area contributed by atoms with Gasteiger partial charge >= 0.3 is 0 Å². The fraction of sp³-hybridized carbons (Fsp3) is 0.333. The predicted octanol–water partition coefficient (Wildman–Crippen LogP) is 4.59. The average molecular weight is 350 g/mol. The summed E-state index contributed by atoms with van der Waals surface area (Å²) in [5.74, 6) is 0. The standard InChI is InChI=1S/C21H23N3S/c1-15(18-6-5-16-3-2-4-19(16)13-18)23-12-9-21-24-20(14-25-21)17-7-10-22-11-8-17/h5-8,10-11,13-15,23H,2-4,9,12H2,1H3. The minimum atomic E-state index is 0.380. The Hall–Kier alpha value is -2.04. The Morgan fingerprint density at radius 1 is 1.12 bits per heavy atom. The Balaban J connectivity index is 1.33.